The molecule has 3 N–H and O–H groups in total. The predicted octanol–water partition coefficient (Wildman–Crippen LogP) is 1.73. The number of nitrogens with zero attached hydrogens (tertiary/aromatic N) is 2. The van der Waals surface area contributed by atoms with Gasteiger partial charge in [-0.3, -0.25) is 0 Å². The van der Waals surface area contributed by atoms with Crippen LogP contribution in [0.5, 0.6) is 0 Å². The zero-order valence-corrected chi connectivity index (χ0v) is 12.3. The van der Waals surface area contributed by atoms with E-state index < -0.39 is 0 Å². The zero-order valence-electron chi connectivity index (χ0n) is 11.5. The molecule has 104 valence electrons. The predicted molar refractivity (Wildman–Crippen MR) is 79.1 cm³/mol. The van der Waals surface area contributed by atoms with Crippen LogP contribution in [0.25, 0.3) is 0 Å². The second-order valence-corrected chi connectivity index (χ2v) is 5.77. The van der Waals surface area contributed by atoms with Crippen molar-refractivity contribution in [2.24, 2.45) is 11.1 Å². The normalized spacial score (nSPS) is 24.6. The van der Waals surface area contributed by atoms with Crippen LogP contribution in [-0.2, 0) is 4.74 Å². The number of rotatable bonds is 5. The van der Waals surface area contributed by atoms with Crippen LogP contribution in [0.15, 0.2) is 12.3 Å². The van der Waals surface area contributed by atoms with Gasteiger partial charge in [0.1, 0.15) is 10.7 Å². The molecule has 2 unspecified atom stereocenters. The summed E-state index contributed by atoms with van der Waals surface area (Å²) in [5, 5.41) is 3.33. The van der Waals surface area contributed by atoms with E-state index in [-0.39, 0.29) is 16.5 Å². The molecule has 0 aromatic carbocycles. The van der Waals surface area contributed by atoms with Crippen molar-refractivity contribution in [3.05, 3.63) is 18.0 Å². The second kappa shape index (κ2) is 5.38. The summed E-state index contributed by atoms with van der Waals surface area (Å²) in [7, 11) is 0. The Morgan fingerprint density at radius 1 is 1.63 bits per heavy atom. The fraction of sp³-hybridized carbons (Fsp3) is 0.615. The Hall–Kier alpha value is -1.27. The number of thiocarbonyl (C=S) groups is 1. The maximum absolute atomic E-state index is 5.70. The lowest BCUT2D eigenvalue weighted by molar-refractivity contribution is -0.0977. The fourth-order valence-corrected chi connectivity index (χ4v) is 2.45. The van der Waals surface area contributed by atoms with Gasteiger partial charge in [0.15, 0.2) is 0 Å². The lowest BCUT2D eigenvalue weighted by Gasteiger charge is -2.51. The highest BCUT2D eigenvalue weighted by molar-refractivity contribution is 7.80. The first kappa shape index (κ1) is 14.1. The fourth-order valence-electron chi connectivity index (χ4n) is 2.34. The van der Waals surface area contributed by atoms with E-state index in [2.05, 4.69) is 29.1 Å². The lowest BCUT2D eigenvalue weighted by Crippen LogP contribution is -2.58. The maximum Gasteiger partial charge on any atom is 0.223 e. The Bertz CT molecular complexity index is 477. The molecule has 2 rings (SSSR count). The third-order valence-electron chi connectivity index (χ3n) is 3.76. The number of aromatic nitrogens is 2. The van der Waals surface area contributed by atoms with Gasteiger partial charge >= 0.3 is 0 Å². The minimum atomic E-state index is 0.0681. The summed E-state index contributed by atoms with van der Waals surface area (Å²) in [6.45, 7) is 7.14. The van der Waals surface area contributed by atoms with E-state index in [0.717, 1.165) is 13.0 Å². The maximum atomic E-state index is 5.70. The van der Waals surface area contributed by atoms with Gasteiger partial charge in [0.2, 0.25) is 5.95 Å². The second-order valence-electron chi connectivity index (χ2n) is 5.33. The highest BCUT2D eigenvalue weighted by atomic mass is 32.1. The van der Waals surface area contributed by atoms with Crippen molar-refractivity contribution in [3.8, 4) is 0 Å². The van der Waals surface area contributed by atoms with Gasteiger partial charge < -0.3 is 15.8 Å². The van der Waals surface area contributed by atoms with E-state index in [0.29, 0.717) is 17.7 Å². The van der Waals surface area contributed by atoms with Crippen molar-refractivity contribution >= 4 is 23.2 Å². The Morgan fingerprint density at radius 3 is 2.95 bits per heavy atom. The highest BCUT2D eigenvalue weighted by Crippen LogP contribution is 2.43. The van der Waals surface area contributed by atoms with Crippen molar-refractivity contribution in [1.82, 2.24) is 9.97 Å². The molecule has 1 aliphatic carbocycles. The monoisotopic (exact) mass is 280 g/mol. The molecule has 5 nitrogen and oxygen atoms in total. The Morgan fingerprint density at radius 2 is 2.37 bits per heavy atom. The molecule has 1 saturated carbocycles. The minimum absolute atomic E-state index is 0.0681. The van der Waals surface area contributed by atoms with Gasteiger partial charge in [0, 0.05) is 24.3 Å². The van der Waals surface area contributed by atoms with Crippen LogP contribution in [-0.4, -0.2) is 33.7 Å². The average molecular weight is 280 g/mol. The molecule has 1 aromatic rings. The van der Waals surface area contributed by atoms with Crippen molar-refractivity contribution in [2.45, 2.75) is 39.3 Å². The summed E-state index contributed by atoms with van der Waals surface area (Å²) in [6, 6.07) is 2.01. The molecule has 1 heterocycles. The van der Waals surface area contributed by atoms with Crippen LogP contribution in [0.3, 0.4) is 0 Å². The van der Waals surface area contributed by atoms with Crippen LogP contribution < -0.4 is 11.1 Å². The van der Waals surface area contributed by atoms with Gasteiger partial charge in [-0.25, -0.2) is 9.97 Å². The molecule has 0 aliphatic heterocycles. The van der Waals surface area contributed by atoms with E-state index in [4.69, 9.17) is 22.7 Å². The third kappa shape index (κ3) is 2.84. The quantitative estimate of drug-likeness (QED) is 0.800. The number of hydrogen-bond acceptors (Lipinski definition) is 5. The van der Waals surface area contributed by atoms with Gasteiger partial charge in [-0.2, -0.15) is 0 Å². The minimum Gasteiger partial charge on any atom is -0.388 e. The van der Waals surface area contributed by atoms with Crippen molar-refractivity contribution < 1.29 is 4.74 Å². The van der Waals surface area contributed by atoms with Gasteiger partial charge in [0.05, 0.1) is 6.10 Å². The molecule has 2 atom stereocenters. The summed E-state index contributed by atoms with van der Waals surface area (Å²) >= 11 is 4.92. The topological polar surface area (TPSA) is 73.1 Å². The molecule has 19 heavy (non-hydrogen) atoms. The van der Waals surface area contributed by atoms with E-state index in [1.165, 1.54) is 0 Å². The van der Waals surface area contributed by atoms with Crippen molar-refractivity contribution in [3.63, 3.8) is 0 Å². The van der Waals surface area contributed by atoms with Crippen molar-refractivity contribution in [2.75, 3.05) is 11.9 Å². The molecule has 6 heteroatoms. The Kier molecular flexibility index (Phi) is 4.01. The zero-order chi connectivity index (χ0) is 14.0. The first-order chi connectivity index (χ1) is 8.95. The van der Waals surface area contributed by atoms with E-state index in [1.807, 2.05) is 6.92 Å². The number of hydrogen-bond donors (Lipinski definition) is 2. The van der Waals surface area contributed by atoms with Gasteiger partial charge in [0.25, 0.3) is 0 Å². The van der Waals surface area contributed by atoms with Gasteiger partial charge in [-0.15, -0.1) is 0 Å². The molecule has 0 saturated heterocycles. The molecule has 0 amide bonds. The Labute approximate surface area is 119 Å². The molecule has 0 spiro atoms. The molecule has 0 bridgehead atoms. The van der Waals surface area contributed by atoms with Crippen LogP contribution >= 0.6 is 12.2 Å². The summed E-state index contributed by atoms with van der Waals surface area (Å²) in [4.78, 5) is 8.79. The average Bonchev–Trinajstić information content (AvgIpc) is 2.38. The summed E-state index contributed by atoms with van der Waals surface area (Å²) in [6.07, 6.45) is 2.91. The number of ether oxygens (including phenoxy) is 1. The Balaban J connectivity index is 2.03. The van der Waals surface area contributed by atoms with Crippen LogP contribution in [0.2, 0.25) is 0 Å². The summed E-state index contributed by atoms with van der Waals surface area (Å²) in [5.74, 6) is 0.568. The third-order valence-corrected chi connectivity index (χ3v) is 3.97. The largest absolute Gasteiger partial charge is 0.388 e. The first-order valence-corrected chi connectivity index (χ1v) is 6.87. The molecule has 1 fully saturated rings. The molecular formula is C13H20N4OS. The van der Waals surface area contributed by atoms with Gasteiger partial charge in [-0.1, -0.05) is 26.1 Å². The number of anilines is 1. The summed E-state index contributed by atoms with van der Waals surface area (Å²) < 4.78 is 5.70. The van der Waals surface area contributed by atoms with Crippen molar-refractivity contribution in [1.29, 1.82) is 0 Å². The summed E-state index contributed by atoms with van der Waals surface area (Å²) in [5.41, 5.74) is 6.23. The molecule has 1 aromatic heterocycles. The molecular weight excluding hydrogens is 260 g/mol. The molecule has 1 aliphatic rings. The van der Waals surface area contributed by atoms with E-state index in [9.17, 15) is 0 Å². The van der Waals surface area contributed by atoms with Gasteiger partial charge in [-0.05, 0) is 19.4 Å². The highest BCUT2D eigenvalue weighted by Gasteiger charge is 2.49. The standard InChI is InChI=1S/C13H20N4OS/c1-4-18-10-7-9(13(10,2)3)17-12-15-6-5-8(16-12)11(14)19/h5-6,9-10H,4,7H2,1-3H3,(H2,14,19)(H,15,16,17). The SMILES string of the molecule is CCOC1CC(Nc2nccc(C(N)=S)n2)C1(C)C. The van der Waals surface area contributed by atoms with E-state index in [1.54, 1.807) is 12.3 Å². The van der Waals surface area contributed by atoms with Crippen LogP contribution in [0.4, 0.5) is 5.95 Å². The number of nitrogens with two attached hydrogens (primary N) is 1. The lowest BCUT2D eigenvalue weighted by atomic mass is 9.64. The first-order valence-electron chi connectivity index (χ1n) is 6.46. The van der Waals surface area contributed by atoms with Crippen LogP contribution in [0, 0.1) is 5.41 Å². The molecule has 0 radical (unpaired) electrons. The number of nitrogens with one attached hydrogen (secondary N) is 1. The smallest absolute Gasteiger partial charge is 0.223 e. The van der Waals surface area contributed by atoms with Crippen LogP contribution in [0.1, 0.15) is 32.9 Å². The van der Waals surface area contributed by atoms with E-state index >= 15 is 0 Å².